The minimum absolute atomic E-state index is 0.564. The summed E-state index contributed by atoms with van der Waals surface area (Å²) in [4.78, 5) is 4.32. The number of fused-ring (bicyclic) bond motifs is 1. The average molecular weight is 312 g/mol. The summed E-state index contributed by atoms with van der Waals surface area (Å²) in [5, 5.41) is 6.59. The van der Waals surface area contributed by atoms with Gasteiger partial charge in [-0.05, 0) is 23.6 Å². The van der Waals surface area contributed by atoms with Crippen LogP contribution in [0.15, 0.2) is 29.8 Å². The van der Waals surface area contributed by atoms with E-state index in [2.05, 4.69) is 10.3 Å². The molecule has 0 radical (unpaired) electrons. The monoisotopic (exact) mass is 311 g/mol. The van der Waals surface area contributed by atoms with E-state index in [-0.39, 0.29) is 0 Å². The maximum absolute atomic E-state index is 6.05. The number of nitrogens with zero attached hydrogens (tertiary/aromatic N) is 2. The Morgan fingerprint density at radius 3 is 2.95 bits per heavy atom. The van der Waals surface area contributed by atoms with E-state index in [9.17, 15) is 0 Å². The van der Waals surface area contributed by atoms with Gasteiger partial charge >= 0.3 is 0 Å². The molecule has 0 saturated carbocycles. The maximum Gasteiger partial charge on any atom is 0.127 e. The lowest BCUT2D eigenvalue weighted by Crippen LogP contribution is -2.04. The van der Waals surface area contributed by atoms with Crippen LogP contribution in [0.5, 0.6) is 0 Å². The van der Waals surface area contributed by atoms with Gasteiger partial charge in [0.05, 0.1) is 27.5 Å². The zero-order valence-electron chi connectivity index (χ0n) is 10.2. The number of hydrogen-bond donors (Lipinski definition) is 1. The van der Waals surface area contributed by atoms with Gasteiger partial charge in [-0.3, -0.25) is 4.98 Å². The summed E-state index contributed by atoms with van der Waals surface area (Å²) >= 11 is 13.7. The Morgan fingerprint density at radius 2 is 2.21 bits per heavy atom. The smallest absolute Gasteiger partial charge is 0.127 e. The highest BCUT2D eigenvalue weighted by Crippen LogP contribution is 2.29. The van der Waals surface area contributed by atoms with Crippen LogP contribution in [0.25, 0.3) is 10.2 Å². The summed E-state index contributed by atoms with van der Waals surface area (Å²) in [6.45, 7) is 0.667. The molecule has 19 heavy (non-hydrogen) atoms. The second-order valence-electron chi connectivity index (χ2n) is 4.18. The lowest BCUT2D eigenvalue weighted by Gasteiger charge is -2.08. The Labute approximate surface area is 124 Å². The third-order valence-corrected chi connectivity index (χ3v) is 4.80. The number of halogens is 2. The third kappa shape index (κ3) is 2.31. The van der Waals surface area contributed by atoms with Gasteiger partial charge in [0.15, 0.2) is 0 Å². The van der Waals surface area contributed by atoms with Gasteiger partial charge in [-0.25, -0.2) is 0 Å². The van der Waals surface area contributed by atoms with E-state index in [1.807, 2.05) is 41.4 Å². The van der Waals surface area contributed by atoms with Gasteiger partial charge in [0.25, 0.3) is 0 Å². The quantitative estimate of drug-likeness (QED) is 0.768. The molecule has 0 saturated heterocycles. The maximum atomic E-state index is 6.05. The van der Waals surface area contributed by atoms with E-state index in [1.165, 1.54) is 0 Å². The van der Waals surface area contributed by atoms with Gasteiger partial charge in [-0.1, -0.05) is 23.2 Å². The minimum Gasteiger partial charge on any atom is -0.378 e. The summed E-state index contributed by atoms with van der Waals surface area (Å²) in [5.74, 6) is 0. The van der Waals surface area contributed by atoms with E-state index < -0.39 is 0 Å². The summed E-state index contributed by atoms with van der Waals surface area (Å²) in [5.41, 5.74) is 3.13. The van der Waals surface area contributed by atoms with Crippen molar-refractivity contribution in [1.82, 2.24) is 9.55 Å². The highest BCUT2D eigenvalue weighted by atomic mass is 35.5. The van der Waals surface area contributed by atoms with Gasteiger partial charge in [-0.2, -0.15) is 0 Å². The fourth-order valence-electron chi connectivity index (χ4n) is 1.96. The topological polar surface area (TPSA) is 29.9 Å². The second-order valence-corrected chi connectivity index (χ2v) is 5.86. The number of anilines is 1. The first-order chi connectivity index (χ1) is 9.16. The predicted octanol–water partition coefficient (Wildman–Crippen LogP) is 4.55. The van der Waals surface area contributed by atoms with E-state index >= 15 is 0 Å². The SMILES string of the molecule is Cn1c(CNc2ccnc3ccsc23)cc(Cl)c1Cl. The normalized spacial score (nSPS) is 11.1. The molecule has 0 aliphatic rings. The van der Waals surface area contributed by atoms with Crippen LogP contribution in [0.2, 0.25) is 10.2 Å². The molecule has 3 rings (SSSR count). The number of pyridine rings is 1. The number of thiophene rings is 1. The molecule has 3 aromatic rings. The molecule has 0 aliphatic heterocycles. The van der Waals surface area contributed by atoms with Gasteiger partial charge < -0.3 is 9.88 Å². The first kappa shape index (κ1) is 12.8. The van der Waals surface area contributed by atoms with Gasteiger partial charge in [0, 0.05) is 18.9 Å². The largest absolute Gasteiger partial charge is 0.378 e. The molecule has 0 amide bonds. The van der Waals surface area contributed by atoms with Crippen molar-refractivity contribution in [3.05, 3.63) is 45.6 Å². The highest BCUT2D eigenvalue weighted by molar-refractivity contribution is 7.17. The van der Waals surface area contributed by atoms with Crippen LogP contribution < -0.4 is 5.32 Å². The average Bonchev–Trinajstić information content (AvgIpc) is 2.98. The fraction of sp³-hybridized carbons (Fsp3) is 0.154. The zero-order chi connectivity index (χ0) is 13.4. The number of nitrogens with one attached hydrogen (secondary N) is 1. The Bertz CT molecular complexity index is 733. The van der Waals surface area contributed by atoms with Crippen molar-refractivity contribution in [3.63, 3.8) is 0 Å². The van der Waals surface area contributed by atoms with E-state index in [1.54, 1.807) is 11.3 Å². The standard InChI is InChI=1S/C13H11Cl2N3S/c1-18-8(6-9(14)13(18)15)7-17-10-2-4-16-11-3-5-19-12(10)11/h2-6H,7H2,1H3,(H,16,17). The lowest BCUT2D eigenvalue weighted by atomic mass is 10.3. The van der Waals surface area contributed by atoms with Crippen molar-refractivity contribution < 1.29 is 0 Å². The van der Waals surface area contributed by atoms with Crippen molar-refractivity contribution in [2.45, 2.75) is 6.54 Å². The molecule has 3 nitrogen and oxygen atoms in total. The number of aromatic nitrogens is 2. The van der Waals surface area contributed by atoms with Crippen LogP contribution in [-0.2, 0) is 13.6 Å². The van der Waals surface area contributed by atoms with Gasteiger partial charge in [0.1, 0.15) is 5.15 Å². The molecule has 0 bridgehead atoms. The van der Waals surface area contributed by atoms with Gasteiger partial charge in [0.2, 0.25) is 0 Å². The first-order valence-electron chi connectivity index (χ1n) is 5.72. The first-order valence-corrected chi connectivity index (χ1v) is 7.36. The third-order valence-electron chi connectivity index (χ3n) is 3.02. The second kappa shape index (κ2) is 5.04. The molecular formula is C13H11Cl2N3S. The van der Waals surface area contributed by atoms with Crippen LogP contribution in [0, 0.1) is 0 Å². The Kier molecular flexibility index (Phi) is 3.39. The van der Waals surface area contributed by atoms with Crippen LogP contribution >= 0.6 is 34.5 Å². The molecule has 6 heteroatoms. The Morgan fingerprint density at radius 1 is 1.37 bits per heavy atom. The van der Waals surface area contributed by atoms with E-state index in [4.69, 9.17) is 23.2 Å². The summed E-state index contributed by atoms with van der Waals surface area (Å²) in [6, 6.07) is 5.87. The molecule has 0 aliphatic carbocycles. The highest BCUT2D eigenvalue weighted by Gasteiger charge is 2.09. The van der Waals surface area contributed by atoms with Crippen LogP contribution in [0.4, 0.5) is 5.69 Å². The van der Waals surface area contributed by atoms with Gasteiger partial charge in [-0.15, -0.1) is 11.3 Å². The van der Waals surface area contributed by atoms with Crippen molar-refractivity contribution in [2.24, 2.45) is 7.05 Å². The molecule has 0 fully saturated rings. The molecule has 1 N–H and O–H groups in total. The molecule has 0 atom stereocenters. The van der Waals surface area contributed by atoms with Crippen LogP contribution in [0.3, 0.4) is 0 Å². The van der Waals surface area contributed by atoms with Crippen molar-refractivity contribution in [1.29, 1.82) is 0 Å². The van der Waals surface area contributed by atoms with Crippen LogP contribution in [-0.4, -0.2) is 9.55 Å². The molecule has 0 unspecified atom stereocenters. The zero-order valence-corrected chi connectivity index (χ0v) is 12.5. The van der Waals surface area contributed by atoms with Crippen molar-refractivity contribution in [2.75, 3.05) is 5.32 Å². The van der Waals surface area contributed by atoms with Crippen molar-refractivity contribution >= 4 is 50.4 Å². The lowest BCUT2D eigenvalue weighted by molar-refractivity contribution is 0.844. The Hall–Kier alpha value is -1.23. The predicted molar refractivity (Wildman–Crippen MR) is 82.4 cm³/mol. The van der Waals surface area contributed by atoms with Crippen molar-refractivity contribution in [3.8, 4) is 0 Å². The molecule has 98 valence electrons. The molecular weight excluding hydrogens is 301 g/mol. The summed E-state index contributed by atoms with van der Waals surface area (Å²) < 4.78 is 3.04. The molecule has 0 aromatic carbocycles. The Balaban J connectivity index is 1.86. The minimum atomic E-state index is 0.564. The number of rotatable bonds is 3. The molecule has 3 aromatic heterocycles. The number of hydrogen-bond acceptors (Lipinski definition) is 3. The van der Waals surface area contributed by atoms with Crippen LogP contribution in [0.1, 0.15) is 5.69 Å². The molecule has 0 spiro atoms. The van der Waals surface area contributed by atoms with E-state index in [0.717, 1.165) is 21.6 Å². The summed E-state index contributed by atoms with van der Waals surface area (Å²) in [6.07, 6.45) is 1.81. The van der Waals surface area contributed by atoms with E-state index in [0.29, 0.717) is 16.7 Å². The molecule has 3 heterocycles. The fourth-order valence-corrected chi connectivity index (χ4v) is 3.21. The summed E-state index contributed by atoms with van der Waals surface area (Å²) in [7, 11) is 1.90.